The van der Waals surface area contributed by atoms with Gasteiger partial charge in [0, 0.05) is 0 Å². The predicted octanol–water partition coefficient (Wildman–Crippen LogP) is 0.803. The second-order valence-electron chi connectivity index (χ2n) is 6.18. The molecule has 2 N–H and O–H groups in total. The van der Waals surface area contributed by atoms with Crippen molar-refractivity contribution in [1.82, 2.24) is 0 Å². The zero-order chi connectivity index (χ0) is 15.8. The summed E-state index contributed by atoms with van der Waals surface area (Å²) in [7, 11) is 0. The van der Waals surface area contributed by atoms with Crippen LogP contribution in [0.3, 0.4) is 0 Å². The highest BCUT2D eigenvalue weighted by Crippen LogP contribution is 2.43. The SMILES string of the molecule is CC1(C)OC2C(OCc3ccccc3)C(CO)(CO)O[C@@H]2O1. The Balaban J connectivity index is 1.77. The maximum Gasteiger partial charge on any atom is 0.190 e. The van der Waals surface area contributed by atoms with Gasteiger partial charge in [-0.1, -0.05) is 30.3 Å². The molecular formula is C16H22O6. The standard InChI is InChI=1S/C16H22O6/c1-15(2)20-12-13(19-8-11-6-4-3-5-7-11)16(9-17,10-18)22-14(12)21-15/h3-7,12-14,17-18H,8-10H2,1-2H3/t12?,13?,14-/m0/s1. The molecule has 6 heteroatoms. The molecule has 22 heavy (non-hydrogen) atoms. The van der Waals surface area contributed by atoms with Gasteiger partial charge < -0.3 is 29.2 Å². The van der Waals surface area contributed by atoms with Gasteiger partial charge in [-0.05, 0) is 19.4 Å². The molecule has 2 aliphatic heterocycles. The first-order valence-electron chi connectivity index (χ1n) is 7.40. The van der Waals surface area contributed by atoms with Crippen molar-refractivity contribution in [3.8, 4) is 0 Å². The summed E-state index contributed by atoms with van der Waals surface area (Å²) in [5, 5.41) is 19.4. The average Bonchev–Trinajstić information content (AvgIpc) is 2.95. The summed E-state index contributed by atoms with van der Waals surface area (Å²) in [5.74, 6) is -0.777. The molecule has 0 radical (unpaired) electrons. The third kappa shape index (κ3) is 2.78. The Kier molecular flexibility index (Phi) is 4.24. The maximum atomic E-state index is 9.69. The third-order valence-corrected chi connectivity index (χ3v) is 4.06. The molecule has 2 aliphatic rings. The van der Waals surface area contributed by atoms with Crippen LogP contribution in [0.5, 0.6) is 0 Å². The number of benzene rings is 1. The fourth-order valence-corrected chi connectivity index (χ4v) is 2.96. The molecule has 2 unspecified atom stereocenters. The molecule has 3 atom stereocenters. The lowest BCUT2D eigenvalue weighted by molar-refractivity contribution is -0.258. The highest BCUT2D eigenvalue weighted by Gasteiger charge is 2.62. The molecule has 6 nitrogen and oxygen atoms in total. The van der Waals surface area contributed by atoms with E-state index in [4.69, 9.17) is 18.9 Å². The Morgan fingerprint density at radius 2 is 1.73 bits per heavy atom. The first-order chi connectivity index (χ1) is 10.5. The zero-order valence-electron chi connectivity index (χ0n) is 12.8. The van der Waals surface area contributed by atoms with Gasteiger partial charge >= 0.3 is 0 Å². The number of rotatable bonds is 5. The largest absolute Gasteiger partial charge is 0.393 e. The molecule has 0 bridgehead atoms. The minimum absolute atomic E-state index is 0.337. The number of fused-ring (bicyclic) bond motifs is 1. The van der Waals surface area contributed by atoms with E-state index in [2.05, 4.69) is 0 Å². The van der Waals surface area contributed by atoms with Gasteiger partial charge in [0.05, 0.1) is 19.8 Å². The van der Waals surface area contributed by atoms with Crippen LogP contribution in [0.1, 0.15) is 19.4 Å². The van der Waals surface area contributed by atoms with Crippen LogP contribution in [0, 0.1) is 0 Å². The highest BCUT2D eigenvalue weighted by atomic mass is 16.8. The van der Waals surface area contributed by atoms with Crippen molar-refractivity contribution in [3.63, 3.8) is 0 Å². The maximum absolute atomic E-state index is 9.69. The van der Waals surface area contributed by atoms with Gasteiger partial charge in [0.25, 0.3) is 0 Å². The molecule has 0 spiro atoms. The number of aliphatic hydroxyl groups is 2. The van der Waals surface area contributed by atoms with E-state index < -0.39 is 29.9 Å². The summed E-state index contributed by atoms with van der Waals surface area (Å²) in [6, 6.07) is 9.68. The molecule has 2 heterocycles. The topological polar surface area (TPSA) is 77.4 Å². The van der Waals surface area contributed by atoms with Gasteiger partial charge in [-0.25, -0.2) is 0 Å². The molecular weight excluding hydrogens is 288 g/mol. The van der Waals surface area contributed by atoms with Crippen LogP contribution in [0.15, 0.2) is 30.3 Å². The van der Waals surface area contributed by atoms with E-state index in [1.54, 1.807) is 13.8 Å². The Bertz CT molecular complexity index is 499. The monoisotopic (exact) mass is 310 g/mol. The number of aliphatic hydroxyl groups excluding tert-OH is 2. The molecule has 3 rings (SSSR count). The van der Waals surface area contributed by atoms with Crippen molar-refractivity contribution in [2.24, 2.45) is 0 Å². The lowest BCUT2D eigenvalue weighted by Gasteiger charge is -2.33. The van der Waals surface area contributed by atoms with Crippen LogP contribution in [0.2, 0.25) is 0 Å². The van der Waals surface area contributed by atoms with Gasteiger partial charge in [-0.2, -0.15) is 0 Å². The molecule has 0 saturated carbocycles. The fourth-order valence-electron chi connectivity index (χ4n) is 2.96. The van der Waals surface area contributed by atoms with Crippen molar-refractivity contribution in [3.05, 3.63) is 35.9 Å². The van der Waals surface area contributed by atoms with Crippen LogP contribution in [-0.2, 0) is 25.6 Å². The van der Waals surface area contributed by atoms with E-state index in [1.807, 2.05) is 30.3 Å². The Hall–Kier alpha value is -1.02. The minimum atomic E-state index is -1.22. The number of hydrogen-bond donors (Lipinski definition) is 2. The van der Waals surface area contributed by atoms with Gasteiger partial charge in [0.1, 0.15) is 17.8 Å². The van der Waals surface area contributed by atoms with E-state index in [9.17, 15) is 10.2 Å². The lowest BCUT2D eigenvalue weighted by atomic mass is 9.97. The average molecular weight is 310 g/mol. The van der Waals surface area contributed by atoms with Gasteiger partial charge in [-0.3, -0.25) is 0 Å². The van der Waals surface area contributed by atoms with E-state index in [0.29, 0.717) is 6.61 Å². The summed E-state index contributed by atoms with van der Waals surface area (Å²) in [4.78, 5) is 0. The quantitative estimate of drug-likeness (QED) is 0.838. The molecule has 1 aromatic rings. The second-order valence-corrected chi connectivity index (χ2v) is 6.18. The van der Waals surface area contributed by atoms with Gasteiger partial charge in [0.2, 0.25) is 0 Å². The lowest BCUT2D eigenvalue weighted by Crippen LogP contribution is -2.52. The van der Waals surface area contributed by atoms with Crippen LogP contribution < -0.4 is 0 Å². The van der Waals surface area contributed by atoms with E-state index in [-0.39, 0.29) is 13.2 Å². The Morgan fingerprint density at radius 1 is 1.05 bits per heavy atom. The first kappa shape index (κ1) is 15.9. The summed E-state index contributed by atoms with van der Waals surface area (Å²) < 4.78 is 23.2. The smallest absolute Gasteiger partial charge is 0.190 e. The van der Waals surface area contributed by atoms with Crippen molar-refractivity contribution in [1.29, 1.82) is 0 Å². The van der Waals surface area contributed by atoms with Crippen molar-refractivity contribution in [2.75, 3.05) is 13.2 Å². The highest BCUT2D eigenvalue weighted by molar-refractivity contribution is 5.14. The van der Waals surface area contributed by atoms with Crippen LogP contribution in [0.4, 0.5) is 0 Å². The summed E-state index contributed by atoms with van der Waals surface area (Å²) >= 11 is 0. The minimum Gasteiger partial charge on any atom is -0.393 e. The molecule has 1 aromatic carbocycles. The zero-order valence-corrected chi connectivity index (χ0v) is 12.8. The summed E-state index contributed by atoms with van der Waals surface area (Å²) in [6.45, 7) is 3.18. The van der Waals surface area contributed by atoms with Gasteiger partial charge in [0.15, 0.2) is 12.1 Å². The Labute approximate surface area is 129 Å². The van der Waals surface area contributed by atoms with E-state index in [1.165, 1.54) is 0 Å². The third-order valence-electron chi connectivity index (χ3n) is 4.06. The Morgan fingerprint density at radius 3 is 2.36 bits per heavy atom. The van der Waals surface area contributed by atoms with E-state index in [0.717, 1.165) is 5.56 Å². The van der Waals surface area contributed by atoms with Crippen LogP contribution in [0.25, 0.3) is 0 Å². The molecule has 2 saturated heterocycles. The second kappa shape index (κ2) is 5.88. The molecule has 0 aromatic heterocycles. The van der Waals surface area contributed by atoms with Crippen molar-refractivity contribution in [2.45, 2.75) is 50.3 Å². The van der Waals surface area contributed by atoms with Crippen molar-refractivity contribution >= 4 is 0 Å². The van der Waals surface area contributed by atoms with Gasteiger partial charge in [-0.15, -0.1) is 0 Å². The number of ether oxygens (including phenoxy) is 4. The normalized spacial score (nSPS) is 32.1. The van der Waals surface area contributed by atoms with Crippen LogP contribution >= 0.6 is 0 Å². The molecule has 0 amide bonds. The summed E-state index contributed by atoms with van der Waals surface area (Å²) in [5.41, 5.74) is -0.227. The molecule has 0 aliphatic carbocycles. The first-order valence-corrected chi connectivity index (χ1v) is 7.40. The fraction of sp³-hybridized carbons (Fsp3) is 0.625. The van der Waals surface area contributed by atoms with Crippen molar-refractivity contribution < 1.29 is 29.2 Å². The van der Waals surface area contributed by atoms with E-state index >= 15 is 0 Å². The molecule has 122 valence electrons. The summed E-state index contributed by atoms with van der Waals surface area (Å²) in [6.07, 6.45) is -1.76. The number of hydrogen-bond acceptors (Lipinski definition) is 6. The predicted molar refractivity (Wildman–Crippen MR) is 76.8 cm³/mol. The van der Waals surface area contributed by atoms with Crippen LogP contribution in [-0.4, -0.2) is 53.3 Å². The molecule has 2 fully saturated rings.